The summed E-state index contributed by atoms with van der Waals surface area (Å²) in [5.74, 6) is 0.742. The van der Waals surface area contributed by atoms with Crippen LogP contribution in [0, 0.1) is 0 Å². The predicted octanol–water partition coefficient (Wildman–Crippen LogP) is 0.309. The minimum Gasteiger partial charge on any atom is -0.467 e. The van der Waals surface area contributed by atoms with Gasteiger partial charge in [-0.25, -0.2) is 4.68 Å². The summed E-state index contributed by atoms with van der Waals surface area (Å²) in [6.07, 6.45) is 1.80. The van der Waals surface area contributed by atoms with Gasteiger partial charge in [0.25, 0.3) is 5.56 Å². The molecule has 0 spiro atoms. The molecule has 1 N–H and O–H groups in total. The van der Waals surface area contributed by atoms with Gasteiger partial charge >= 0.3 is 0 Å². The Morgan fingerprint density at radius 3 is 3.17 bits per heavy atom. The van der Waals surface area contributed by atoms with Crippen LogP contribution in [-0.2, 0) is 31.4 Å². The maximum absolute atomic E-state index is 11.7. The number of hydrogen-bond acceptors (Lipinski definition) is 6. The Labute approximate surface area is 134 Å². The Kier molecular flexibility index (Phi) is 4.90. The van der Waals surface area contributed by atoms with Gasteiger partial charge in [-0.3, -0.25) is 9.69 Å². The highest BCUT2D eigenvalue weighted by atomic mass is 16.5. The topological polar surface area (TPSA) is 80.7 Å². The number of nitrogens with zero attached hydrogens (tertiary/aromatic N) is 3. The normalized spacial score (nSPS) is 16.3. The van der Waals surface area contributed by atoms with Crippen LogP contribution in [0.2, 0.25) is 0 Å². The van der Waals surface area contributed by atoms with Gasteiger partial charge in [0.1, 0.15) is 12.4 Å². The largest absolute Gasteiger partial charge is 0.467 e. The molecule has 0 bridgehead atoms. The van der Waals surface area contributed by atoms with Gasteiger partial charge in [-0.05, 0) is 17.7 Å². The van der Waals surface area contributed by atoms with E-state index in [4.69, 9.17) is 9.15 Å². The molecule has 3 rings (SSSR count). The molecule has 1 aliphatic rings. The Bertz CT molecular complexity index is 696. The van der Waals surface area contributed by atoms with Gasteiger partial charge in [0.15, 0.2) is 0 Å². The van der Waals surface area contributed by atoms with Gasteiger partial charge in [-0.1, -0.05) is 0 Å². The van der Waals surface area contributed by atoms with Crippen LogP contribution in [0.25, 0.3) is 0 Å². The molecule has 124 valence electrons. The summed E-state index contributed by atoms with van der Waals surface area (Å²) >= 11 is 0. The van der Waals surface area contributed by atoms with Crippen LogP contribution in [0.4, 0.5) is 0 Å². The lowest BCUT2D eigenvalue weighted by Crippen LogP contribution is -2.39. The molecule has 3 heterocycles. The molecule has 0 fully saturated rings. The number of hydrogen-bond donors (Lipinski definition) is 1. The summed E-state index contributed by atoms with van der Waals surface area (Å²) in [4.78, 5) is 13.8. The zero-order valence-electron chi connectivity index (χ0n) is 13.1. The van der Waals surface area contributed by atoms with Crippen molar-refractivity contribution >= 4 is 0 Å². The molecule has 23 heavy (non-hydrogen) atoms. The van der Waals surface area contributed by atoms with E-state index < -0.39 is 6.10 Å². The van der Waals surface area contributed by atoms with Crippen molar-refractivity contribution in [3.8, 4) is 0 Å². The minimum absolute atomic E-state index is 0.104. The third-order valence-corrected chi connectivity index (χ3v) is 3.92. The third kappa shape index (κ3) is 4.07. The number of aliphatic hydroxyl groups is 1. The Morgan fingerprint density at radius 1 is 1.52 bits per heavy atom. The average Bonchev–Trinajstić information content (AvgIpc) is 3.02. The fourth-order valence-corrected chi connectivity index (χ4v) is 2.75. The highest BCUT2D eigenvalue weighted by Crippen LogP contribution is 2.15. The first-order valence-corrected chi connectivity index (χ1v) is 7.68. The summed E-state index contributed by atoms with van der Waals surface area (Å²) in [7, 11) is 1.66. The van der Waals surface area contributed by atoms with Crippen molar-refractivity contribution in [1.29, 1.82) is 0 Å². The minimum atomic E-state index is -0.578. The number of aryl methyl sites for hydroxylation is 1. The molecule has 0 aliphatic carbocycles. The van der Waals surface area contributed by atoms with Crippen LogP contribution in [-0.4, -0.2) is 45.6 Å². The van der Waals surface area contributed by atoms with E-state index in [1.165, 1.54) is 4.68 Å². The smallest absolute Gasteiger partial charge is 0.266 e. The molecule has 1 aliphatic heterocycles. The summed E-state index contributed by atoms with van der Waals surface area (Å²) in [6.45, 7) is 2.56. The summed E-state index contributed by atoms with van der Waals surface area (Å²) < 4.78 is 12.0. The van der Waals surface area contributed by atoms with E-state index >= 15 is 0 Å². The zero-order chi connectivity index (χ0) is 16.2. The Balaban J connectivity index is 1.48. The van der Waals surface area contributed by atoms with Crippen LogP contribution in [0.5, 0.6) is 0 Å². The number of fused-ring (bicyclic) bond motifs is 1. The first-order valence-electron chi connectivity index (χ1n) is 7.68. The Hall–Kier alpha value is -1.96. The molecule has 1 atom stereocenters. The second kappa shape index (κ2) is 7.08. The van der Waals surface area contributed by atoms with Crippen LogP contribution in [0.3, 0.4) is 0 Å². The SMILES string of the molecule is Cn1nc2c(cc1=O)CN(CC(O)COCc1ccco1)CC2. The molecule has 2 aromatic rings. The number of aromatic nitrogens is 2. The third-order valence-electron chi connectivity index (χ3n) is 3.92. The van der Waals surface area contributed by atoms with Crippen molar-refractivity contribution in [2.45, 2.75) is 25.7 Å². The van der Waals surface area contributed by atoms with Gasteiger partial charge in [0, 0.05) is 39.2 Å². The molecule has 1 unspecified atom stereocenters. The average molecular weight is 319 g/mol. The van der Waals surface area contributed by atoms with Crippen LogP contribution < -0.4 is 5.56 Å². The standard InChI is InChI=1S/C16H21N3O4/c1-18-16(21)7-12-8-19(5-4-15(12)17-18)9-13(20)10-22-11-14-3-2-6-23-14/h2-3,6-7,13,20H,4-5,8-11H2,1H3. The zero-order valence-corrected chi connectivity index (χ0v) is 13.1. The lowest BCUT2D eigenvalue weighted by atomic mass is 10.1. The predicted molar refractivity (Wildman–Crippen MR) is 82.8 cm³/mol. The molecule has 2 aromatic heterocycles. The van der Waals surface area contributed by atoms with Gasteiger partial charge in [0.05, 0.1) is 24.7 Å². The molecule has 0 saturated carbocycles. The van der Waals surface area contributed by atoms with E-state index in [2.05, 4.69) is 10.00 Å². The molecule has 0 saturated heterocycles. The summed E-state index contributed by atoms with van der Waals surface area (Å²) in [5, 5.41) is 14.4. The van der Waals surface area contributed by atoms with E-state index in [1.54, 1.807) is 25.4 Å². The van der Waals surface area contributed by atoms with Gasteiger partial charge < -0.3 is 14.3 Å². The maximum atomic E-state index is 11.7. The van der Waals surface area contributed by atoms with E-state index in [9.17, 15) is 9.90 Å². The van der Waals surface area contributed by atoms with Crippen LogP contribution in [0.15, 0.2) is 33.7 Å². The van der Waals surface area contributed by atoms with Gasteiger partial charge in [-0.15, -0.1) is 0 Å². The first kappa shape index (κ1) is 15.9. The summed E-state index contributed by atoms with van der Waals surface area (Å²) in [5.41, 5.74) is 1.81. The first-order chi connectivity index (χ1) is 11.1. The maximum Gasteiger partial charge on any atom is 0.266 e. The molecule has 0 amide bonds. The number of ether oxygens (including phenoxy) is 1. The number of β-amino-alcohol motifs (C(OH)–C–C–N with tert-alkyl or cyclic N) is 1. The molecule has 0 aromatic carbocycles. The highest BCUT2D eigenvalue weighted by Gasteiger charge is 2.20. The monoisotopic (exact) mass is 319 g/mol. The van der Waals surface area contributed by atoms with Crippen molar-refractivity contribution in [1.82, 2.24) is 14.7 Å². The lowest BCUT2D eigenvalue weighted by Gasteiger charge is -2.29. The number of aliphatic hydroxyl groups excluding tert-OH is 1. The molecular formula is C16H21N3O4. The summed E-state index contributed by atoms with van der Waals surface area (Å²) in [6, 6.07) is 5.27. The van der Waals surface area contributed by atoms with Crippen molar-refractivity contribution in [2.75, 3.05) is 19.7 Å². The fourth-order valence-electron chi connectivity index (χ4n) is 2.75. The van der Waals surface area contributed by atoms with Crippen molar-refractivity contribution in [3.63, 3.8) is 0 Å². The Morgan fingerprint density at radius 2 is 2.39 bits per heavy atom. The second-order valence-electron chi connectivity index (χ2n) is 5.81. The van der Waals surface area contributed by atoms with Gasteiger partial charge in [-0.2, -0.15) is 5.10 Å². The second-order valence-corrected chi connectivity index (χ2v) is 5.81. The van der Waals surface area contributed by atoms with Crippen molar-refractivity contribution in [3.05, 3.63) is 51.8 Å². The highest BCUT2D eigenvalue weighted by molar-refractivity contribution is 5.20. The van der Waals surface area contributed by atoms with E-state index in [-0.39, 0.29) is 12.2 Å². The van der Waals surface area contributed by atoms with E-state index in [0.29, 0.717) is 19.7 Å². The number of rotatable bonds is 6. The van der Waals surface area contributed by atoms with Crippen molar-refractivity contribution < 1.29 is 14.3 Å². The van der Waals surface area contributed by atoms with E-state index in [1.807, 2.05) is 6.07 Å². The fraction of sp³-hybridized carbons (Fsp3) is 0.500. The van der Waals surface area contributed by atoms with Crippen LogP contribution >= 0.6 is 0 Å². The molecular weight excluding hydrogens is 298 g/mol. The molecule has 0 radical (unpaired) electrons. The van der Waals surface area contributed by atoms with Gasteiger partial charge in [0.2, 0.25) is 0 Å². The number of furan rings is 1. The molecule has 7 nitrogen and oxygen atoms in total. The quantitative estimate of drug-likeness (QED) is 0.825. The molecule has 7 heteroatoms. The lowest BCUT2D eigenvalue weighted by molar-refractivity contribution is 0.00296. The van der Waals surface area contributed by atoms with Crippen molar-refractivity contribution in [2.24, 2.45) is 7.05 Å². The van der Waals surface area contributed by atoms with Crippen LogP contribution in [0.1, 0.15) is 17.0 Å². The van der Waals surface area contributed by atoms with E-state index in [0.717, 1.165) is 30.0 Å².